The summed E-state index contributed by atoms with van der Waals surface area (Å²) >= 11 is 1.32. The van der Waals surface area contributed by atoms with Crippen LogP contribution in [0.3, 0.4) is 0 Å². The molecule has 2 heterocycles. The van der Waals surface area contributed by atoms with Gasteiger partial charge in [0.05, 0.1) is 0 Å². The summed E-state index contributed by atoms with van der Waals surface area (Å²) in [5.74, 6) is -1.04. The summed E-state index contributed by atoms with van der Waals surface area (Å²) < 4.78 is 0. The van der Waals surface area contributed by atoms with Crippen molar-refractivity contribution >= 4 is 23.3 Å². The normalized spacial score (nSPS) is 16.6. The van der Waals surface area contributed by atoms with E-state index in [9.17, 15) is 14.7 Å². The number of carbonyl (C=O) groups excluding carboxylic acids is 1. The molecule has 1 aliphatic heterocycles. The van der Waals surface area contributed by atoms with Crippen molar-refractivity contribution in [2.75, 3.05) is 33.2 Å². The summed E-state index contributed by atoms with van der Waals surface area (Å²) in [5.41, 5.74) is 0. The van der Waals surface area contributed by atoms with Crippen LogP contribution in [0.5, 0.6) is 0 Å². The van der Waals surface area contributed by atoms with Crippen LogP contribution in [0.25, 0.3) is 0 Å². The number of hydrogen-bond acceptors (Lipinski definition) is 4. The molecule has 1 aromatic rings. The average Bonchev–Trinajstić information content (AvgIpc) is 3.14. The van der Waals surface area contributed by atoms with Gasteiger partial charge in [0.25, 0.3) is 0 Å². The van der Waals surface area contributed by atoms with Gasteiger partial charge in [0.1, 0.15) is 0 Å². The van der Waals surface area contributed by atoms with Gasteiger partial charge in [-0.15, -0.1) is 11.3 Å². The number of thiophene rings is 1. The zero-order valence-electron chi connectivity index (χ0n) is 12.1. The van der Waals surface area contributed by atoms with Crippen molar-refractivity contribution in [3.8, 4) is 0 Å². The van der Waals surface area contributed by atoms with E-state index in [1.54, 1.807) is 29.5 Å². The Morgan fingerprint density at radius 3 is 2.76 bits per heavy atom. The maximum atomic E-state index is 12.1. The van der Waals surface area contributed by atoms with E-state index in [1.807, 2.05) is 0 Å². The number of carboxylic acids is 1. The van der Waals surface area contributed by atoms with Gasteiger partial charge in [0.2, 0.25) is 0 Å². The molecular weight excluding hydrogens is 290 g/mol. The highest BCUT2D eigenvalue weighted by Crippen LogP contribution is 2.19. The topological polar surface area (TPSA) is 72.9 Å². The lowest BCUT2D eigenvalue weighted by Crippen LogP contribution is -2.44. The summed E-state index contributed by atoms with van der Waals surface area (Å²) in [5, 5.41) is 13.6. The van der Waals surface area contributed by atoms with Crippen molar-refractivity contribution in [1.29, 1.82) is 0 Å². The lowest BCUT2D eigenvalue weighted by atomic mass is 10.2. The van der Waals surface area contributed by atoms with Crippen LogP contribution < -0.4 is 5.32 Å². The van der Waals surface area contributed by atoms with Crippen LogP contribution in [-0.4, -0.2) is 60.1 Å². The molecule has 0 radical (unpaired) electrons. The number of likely N-dealkylation sites (N-methyl/N-ethyl adjacent to an activating group) is 1. The number of amides is 2. The van der Waals surface area contributed by atoms with Crippen molar-refractivity contribution in [1.82, 2.24) is 15.1 Å². The zero-order chi connectivity index (χ0) is 15.2. The van der Waals surface area contributed by atoms with Crippen LogP contribution in [0.2, 0.25) is 0 Å². The molecule has 1 aromatic heterocycles. The molecule has 7 heteroatoms. The predicted molar refractivity (Wildman–Crippen MR) is 81.5 cm³/mol. The standard InChI is InChI=1S/C14H21N3O3S/c1-16(8-9-17-6-2-3-7-17)14(20)15-12(13(18)19)11-5-4-10-21-11/h4-5,10,12H,2-3,6-9H2,1H3,(H,15,20)(H,18,19). The van der Waals surface area contributed by atoms with E-state index in [-0.39, 0.29) is 6.03 Å². The molecule has 2 N–H and O–H groups in total. The molecule has 21 heavy (non-hydrogen) atoms. The van der Waals surface area contributed by atoms with Gasteiger partial charge in [-0.25, -0.2) is 9.59 Å². The number of rotatable bonds is 6. The van der Waals surface area contributed by atoms with Crippen LogP contribution in [0, 0.1) is 0 Å². The fourth-order valence-corrected chi connectivity index (χ4v) is 3.11. The largest absolute Gasteiger partial charge is 0.479 e. The molecular formula is C14H21N3O3S. The van der Waals surface area contributed by atoms with Gasteiger partial charge < -0.3 is 20.2 Å². The Kier molecular flexibility index (Phi) is 5.58. The Morgan fingerprint density at radius 2 is 2.19 bits per heavy atom. The molecule has 0 saturated carbocycles. The SMILES string of the molecule is CN(CCN1CCCC1)C(=O)NC(C(=O)O)c1cccs1. The Hall–Kier alpha value is -1.60. The molecule has 116 valence electrons. The number of hydrogen-bond donors (Lipinski definition) is 2. The summed E-state index contributed by atoms with van der Waals surface area (Å²) in [4.78, 5) is 27.9. The van der Waals surface area contributed by atoms with E-state index in [2.05, 4.69) is 10.2 Å². The quantitative estimate of drug-likeness (QED) is 0.837. The van der Waals surface area contributed by atoms with Crippen LogP contribution in [0.4, 0.5) is 4.79 Å². The maximum absolute atomic E-state index is 12.1. The minimum Gasteiger partial charge on any atom is -0.479 e. The van der Waals surface area contributed by atoms with Crippen LogP contribution in [0.1, 0.15) is 23.8 Å². The molecule has 1 fully saturated rings. The first-order valence-corrected chi connectivity index (χ1v) is 7.96. The van der Waals surface area contributed by atoms with E-state index in [0.29, 0.717) is 11.4 Å². The third-order valence-corrected chi connectivity index (χ3v) is 4.58. The van der Waals surface area contributed by atoms with Gasteiger partial charge in [-0.2, -0.15) is 0 Å². The van der Waals surface area contributed by atoms with Crippen LogP contribution >= 0.6 is 11.3 Å². The smallest absolute Gasteiger partial charge is 0.331 e. The third-order valence-electron chi connectivity index (χ3n) is 3.64. The molecule has 1 saturated heterocycles. The second-order valence-corrected chi connectivity index (χ2v) is 6.19. The van der Waals surface area contributed by atoms with E-state index in [0.717, 1.165) is 19.6 Å². The molecule has 2 amide bonds. The lowest BCUT2D eigenvalue weighted by Gasteiger charge is -2.23. The second-order valence-electron chi connectivity index (χ2n) is 5.21. The molecule has 6 nitrogen and oxygen atoms in total. The summed E-state index contributed by atoms with van der Waals surface area (Å²) in [6.45, 7) is 3.61. The monoisotopic (exact) mass is 311 g/mol. The number of carbonyl (C=O) groups is 2. The van der Waals surface area contributed by atoms with Crippen molar-refractivity contribution in [2.24, 2.45) is 0 Å². The summed E-state index contributed by atoms with van der Waals surface area (Å²) in [6, 6.07) is 2.16. The number of nitrogens with one attached hydrogen (secondary N) is 1. The molecule has 1 unspecified atom stereocenters. The maximum Gasteiger partial charge on any atom is 0.331 e. The first kappa shape index (κ1) is 15.8. The van der Waals surface area contributed by atoms with Crippen molar-refractivity contribution < 1.29 is 14.7 Å². The van der Waals surface area contributed by atoms with Gasteiger partial charge in [0, 0.05) is 25.0 Å². The molecule has 1 atom stereocenters. The zero-order valence-corrected chi connectivity index (χ0v) is 12.9. The van der Waals surface area contributed by atoms with Crippen molar-refractivity contribution in [2.45, 2.75) is 18.9 Å². The number of carboxylic acid groups (broad SMARTS) is 1. The molecule has 0 aromatic carbocycles. The first-order chi connectivity index (χ1) is 10.1. The van der Waals surface area contributed by atoms with E-state index in [1.165, 1.54) is 24.2 Å². The van der Waals surface area contributed by atoms with Crippen molar-refractivity contribution in [3.63, 3.8) is 0 Å². The third kappa shape index (κ3) is 4.44. The van der Waals surface area contributed by atoms with Crippen LogP contribution in [0.15, 0.2) is 17.5 Å². The minimum atomic E-state index is -1.04. The average molecular weight is 311 g/mol. The number of likely N-dealkylation sites (tertiary alicyclic amines) is 1. The van der Waals surface area contributed by atoms with Gasteiger partial charge >= 0.3 is 12.0 Å². The lowest BCUT2D eigenvalue weighted by molar-refractivity contribution is -0.139. The van der Waals surface area contributed by atoms with Gasteiger partial charge in [-0.3, -0.25) is 0 Å². The Labute approximate surface area is 128 Å². The van der Waals surface area contributed by atoms with Crippen molar-refractivity contribution in [3.05, 3.63) is 22.4 Å². The molecule has 0 aliphatic carbocycles. The number of nitrogens with zero attached hydrogens (tertiary/aromatic N) is 2. The molecule has 1 aliphatic rings. The Morgan fingerprint density at radius 1 is 1.48 bits per heavy atom. The molecule has 0 spiro atoms. The Bertz CT molecular complexity index is 472. The first-order valence-electron chi connectivity index (χ1n) is 7.08. The van der Waals surface area contributed by atoms with E-state index in [4.69, 9.17) is 0 Å². The number of aliphatic carboxylic acids is 1. The second kappa shape index (κ2) is 7.42. The van der Waals surface area contributed by atoms with E-state index < -0.39 is 12.0 Å². The van der Waals surface area contributed by atoms with Gasteiger partial charge in [-0.1, -0.05) is 6.07 Å². The highest BCUT2D eigenvalue weighted by atomic mass is 32.1. The highest BCUT2D eigenvalue weighted by Gasteiger charge is 2.24. The fourth-order valence-electron chi connectivity index (χ4n) is 2.34. The van der Waals surface area contributed by atoms with Gasteiger partial charge in [0.15, 0.2) is 6.04 Å². The fraction of sp³-hybridized carbons (Fsp3) is 0.571. The molecule has 2 rings (SSSR count). The minimum absolute atomic E-state index is 0.352. The summed E-state index contributed by atoms with van der Waals surface area (Å²) in [6.07, 6.45) is 2.44. The van der Waals surface area contributed by atoms with Crippen LogP contribution in [-0.2, 0) is 4.79 Å². The van der Waals surface area contributed by atoms with Gasteiger partial charge in [-0.05, 0) is 37.4 Å². The van der Waals surface area contributed by atoms with E-state index >= 15 is 0 Å². The molecule has 0 bridgehead atoms. The highest BCUT2D eigenvalue weighted by molar-refractivity contribution is 7.10. The Balaban J connectivity index is 1.84. The number of urea groups is 1. The predicted octanol–water partition coefficient (Wildman–Crippen LogP) is 1.61. The summed E-state index contributed by atoms with van der Waals surface area (Å²) in [7, 11) is 1.69.